The Balaban J connectivity index is 1.78. The molecular formula is C21H19Cl2N3O2S. The van der Waals surface area contributed by atoms with Crippen molar-refractivity contribution in [2.24, 2.45) is 0 Å². The molecule has 5 nitrogen and oxygen atoms in total. The van der Waals surface area contributed by atoms with Crippen molar-refractivity contribution in [3.05, 3.63) is 81.1 Å². The van der Waals surface area contributed by atoms with Crippen LogP contribution in [0, 0.1) is 0 Å². The van der Waals surface area contributed by atoms with Crippen LogP contribution in [-0.2, 0) is 11.3 Å². The zero-order valence-electron chi connectivity index (χ0n) is 15.7. The molecule has 2 aromatic carbocycles. The molecule has 0 bridgehead atoms. The van der Waals surface area contributed by atoms with E-state index in [0.29, 0.717) is 32.6 Å². The highest BCUT2D eigenvalue weighted by atomic mass is 35.5. The van der Waals surface area contributed by atoms with Crippen molar-refractivity contribution in [2.75, 3.05) is 5.75 Å². The van der Waals surface area contributed by atoms with Crippen LogP contribution in [0.5, 0.6) is 0 Å². The lowest BCUT2D eigenvalue weighted by Gasteiger charge is -2.15. The molecule has 0 spiro atoms. The molecule has 1 N–H and O–H groups in total. The zero-order valence-corrected chi connectivity index (χ0v) is 18.0. The van der Waals surface area contributed by atoms with Crippen molar-refractivity contribution >= 4 is 51.8 Å². The summed E-state index contributed by atoms with van der Waals surface area (Å²) in [4.78, 5) is 29.8. The van der Waals surface area contributed by atoms with Gasteiger partial charge in [0, 0.05) is 16.6 Å². The van der Waals surface area contributed by atoms with Crippen molar-refractivity contribution in [3.63, 3.8) is 0 Å². The molecule has 1 aromatic heterocycles. The van der Waals surface area contributed by atoms with E-state index in [0.717, 1.165) is 5.56 Å². The lowest BCUT2D eigenvalue weighted by molar-refractivity contribution is -0.119. The molecule has 29 heavy (non-hydrogen) atoms. The number of amides is 1. The summed E-state index contributed by atoms with van der Waals surface area (Å²) in [5.41, 5.74) is 1.22. The molecule has 8 heteroatoms. The first-order chi connectivity index (χ1) is 13.9. The molecule has 1 atom stereocenters. The van der Waals surface area contributed by atoms with Gasteiger partial charge in [0.25, 0.3) is 5.56 Å². The molecule has 3 aromatic rings. The predicted octanol–water partition coefficient (Wildman–Crippen LogP) is 4.86. The smallest absolute Gasteiger partial charge is 0.262 e. The molecule has 0 saturated carbocycles. The highest BCUT2D eigenvalue weighted by Gasteiger charge is 2.15. The maximum atomic E-state index is 12.8. The molecule has 1 heterocycles. The minimum Gasteiger partial charge on any atom is -0.349 e. The summed E-state index contributed by atoms with van der Waals surface area (Å²) >= 11 is 13.2. The van der Waals surface area contributed by atoms with Crippen LogP contribution in [0.1, 0.15) is 18.5 Å². The van der Waals surface area contributed by atoms with Gasteiger partial charge in [-0.1, -0.05) is 53.2 Å². The molecule has 0 radical (unpaired) electrons. The molecule has 0 aliphatic heterocycles. The summed E-state index contributed by atoms with van der Waals surface area (Å²) in [6.45, 7) is 5.89. The normalized spacial score (nSPS) is 12.0. The first-order valence-corrected chi connectivity index (χ1v) is 10.6. The van der Waals surface area contributed by atoms with Gasteiger partial charge in [-0.3, -0.25) is 14.2 Å². The van der Waals surface area contributed by atoms with Crippen molar-refractivity contribution < 1.29 is 4.79 Å². The van der Waals surface area contributed by atoms with E-state index in [1.807, 2.05) is 25.1 Å². The van der Waals surface area contributed by atoms with Crippen LogP contribution in [-0.4, -0.2) is 21.2 Å². The van der Waals surface area contributed by atoms with Gasteiger partial charge in [-0.05, 0) is 42.8 Å². The Morgan fingerprint density at radius 3 is 2.76 bits per heavy atom. The maximum Gasteiger partial charge on any atom is 0.262 e. The number of fused-ring (bicyclic) bond motifs is 1. The fourth-order valence-electron chi connectivity index (χ4n) is 2.85. The number of rotatable bonds is 7. The number of halogens is 2. The fourth-order valence-corrected chi connectivity index (χ4v) is 4.03. The van der Waals surface area contributed by atoms with Gasteiger partial charge in [0.1, 0.15) is 0 Å². The van der Waals surface area contributed by atoms with Crippen molar-refractivity contribution in [2.45, 2.75) is 24.7 Å². The Labute approximate surface area is 182 Å². The second-order valence-electron chi connectivity index (χ2n) is 6.39. The van der Waals surface area contributed by atoms with Crippen molar-refractivity contribution in [1.29, 1.82) is 0 Å². The number of hydrogen-bond donors (Lipinski definition) is 1. The van der Waals surface area contributed by atoms with Gasteiger partial charge >= 0.3 is 0 Å². The van der Waals surface area contributed by atoms with Gasteiger partial charge in [0.2, 0.25) is 5.91 Å². The van der Waals surface area contributed by atoms with Crippen molar-refractivity contribution in [3.8, 4) is 0 Å². The summed E-state index contributed by atoms with van der Waals surface area (Å²) < 4.78 is 1.50. The summed E-state index contributed by atoms with van der Waals surface area (Å²) in [5.74, 6) is -0.0614. The van der Waals surface area contributed by atoms with E-state index in [-0.39, 0.29) is 23.3 Å². The summed E-state index contributed by atoms with van der Waals surface area (Å²) in [6, 6.07) is 12.1. The lowest BCUT2D eigenvalue weighted by atomic mass is 10.1. The van der Waals surface area contributed by atoms with Gasteiger partial charge in [0.05, 0.1) is 22.7 Å². The molecule has 0 saturated heterocycles. The fraction of sp³-hybridized carbons (Fsp3) is 0.190. The van der Waals surface area contributed by atoms with Crippen LogP contribution in [0.25, 0.3) is 10.9 Å². The number of nitrogens with one attached hydrogen (secondary N) is 1. The van der Waals surface area contributed by atoms with Crippen LogP contribution in [0.4, 0.5) is 0 Å². The van der Waals surface area contributed by atoms with E-state index in [4.69, 9.17) is 23.2 Å². The number of nitrogens with zero attached hydrogens (tertiary/aromatic N) is 2. The Bertz CT molecular complexity index is 1130. The third-order valence-corrected chi connectivity index (χ3v) is 5.70. The average Bonchev–Trinajstić information content (AvgIpc) is 2.68. The van der Waals surface area contributed by atoms with Gasteiger partial charge in [0.15, 0.2) is 5.16 Å². The van der Waals surface area contributed by atoms with Gasteiger partial charge in [-0.15, -0.1) is 6.58 Å². The number of aromatic nitrogens is 2. The first-order valence-electron chi connectivity index (χ1n) is 8.87. The largest absolute Gasteiger partial charge is 0.349 e. The maximum absolute atomic E-state index is 12.8. The molecule has 150 valence electrons. The van der Waals surface area contributed by atoms with Crippen LogP contribution in [0.15, 0.2) is 65.1 Å². The number of allylic oxidation sites excluding steroid dienone is 1. The summed E-state index contributed by atoms with van der Waals surface area (Å²) in [6.07, 6.45) is 1.62. The topological polar surface area (TPSA) is 64.0 Å². The predicted molar refractivity (Wildman–Crippen MR) is 120 cm³/mol. The highest BCUT2D eigenvalue weighted by Crippen LogP contribution is 2.21. The Hall–Kier alpha value is -2.28. The first kappa shape index (κ1) is 21.4. The Morgan fingerprint density at radius 1 is 1.28 bits per heavy atom. The Kier molecular flexibility index (Phi) is 7.00. The number of hydrogen-bond acceptors (Lipinski definition) is 4. The van der Waals surface area contributed by atoms with Crippen LogP contribution in [0.3, 0.4) is 0 Å². The number of thioether (sulfide) groups is 1. The number of carbonyl (C=O) groups is 1. The Morgan fingerprint density at radius 2 is 2.03 bits per heavy atom. The molecule has 0 fully saturated rings. The monoisotopic (exact) mass is 447 g/mol. The van der Waals surface area contributed by atoms with Crippen molar-refractivity contribution in [1.82, 2.24) is 14.9 Å². The van der Waals surface area contributed by atoms with Crippen LogP contribution < -0.4 is 10.9 Å². The van der Waals surface area contributed by atoms with E-state index in [2.05, 4.69) is 16.9 Å². The second-order valence-corrected chi connectivity index (χ2v) is 8.21. The minimum absolute atomic E-state index is 0.112. The highest BCUT2D eigenvalue weighted by molar-refractivity contribution is 7.99. The summed E-state index contributed by atoms with van der Waals surface area (Å²) in [5, 5.41) is 4.95. The van der Waals surface area contributed by atoms with E-state index < -0.39 is 0 Å². The summed E-state index contributed by atoms with van der Waals surface area (Å²) in [7, 11) is 0. The van der Waals surface area contributed by atoms with Gasteiger partial charge < -0.3 is 5.32 Å². The van der Waals surface area contributed by atoms with E-state index in [1.165, 1.54) is 16.3 Å². The number of benzene rings is 2. The average molecular weight is 448 g/mol. The van der Waals surface area contributed by atoms with E-state index in [9.17, 15) is 9.59 Å². The minimum atomic E-state index is -0.194. The zero-order chi connectivity index (χ0) is 21.0. The molecule has 1 unspecified atom stereocenters. The quantitative estimate of drug-likeness (QED) is 0.319. The molecule has 1 amide bonds. The molecule has 0 aliphatic rings. The van der Waals surface area contributed by atoms with Gasteiger partial charge in [-0.25, -0.2) is 4.98 Å². The third-order valence-electron chi connectivity index (χ3n) is 4.25. The van der Waals surface area contributed by atoms with Crippen LogP contribution in [0.2, 0.25) is 10.0 Å². The lowest BCUT2D eigenvalue weighted by Crippen LogP contribution is -2.29. The number of carbonyl (C=O) groups excluding carboxylic acids is 1. The van der Waals surface area contributed by atoms with Crippen LogP contribution >= 0.6 is 35.0 Å². The third kappa shape index (κ3) is 5.21. The second kappa shape index (κ2) is 9.48. The van der Waals surface area contributed by atoms with Gasteiger partial charge in [-0.2, -0.15) is 0 Å². The van der Waals surface area contributed by atoms with E-state index in [1.54, 1.807) is 30.3 Å². The molecule has 0 aliphatic carbocycles. The van der Waals surface area contributed by atoms with E-state index >= 15 is 0 Å². The SMILES string of the molecule is C=CCn1c(SCC(=O)NC(C)c2cccc(Cl)c2)nc2cc(Cl)ccc2c1=O. The standard InChI is InChI=1S/C21H19Cl2N3O2S/c1-3-9-26-20(28)17-8-7-16(23)11-18(17)25-21(26)29-12-19(27)24-13(2)14-5-4-6-15(22)10-14/h3-8,10-11,13H,1,9,12H2,2H3,(H,24,27). The molecule has 3 rings (SSSR count). The molecular weight excluding hydrogens is 429 g/mol.